The first-order valence-electron chi connectivity index (χ1n) is 5.19. The van der Waals surface area contributed by atoms with Gasteiger partial charge in [-0.3, -0.25) is 4.79 Å². The van der Waals surface area contributed by atoms with E-state index in [9.17, 15) is 18.0 Å². The number of alkyl halides is 3. The van der Waals surface area contributed by atoms with E-state index in [2.05, 4.69) is 20.3 Å². The molecule has 1 amide bonds. The Balaban J connectivity index is 2.15. The number of carbonyl (C=O) groups excluding carboxylic acids is 1. The summed E-state index contributed by atoms with van der Waals surface area (Å²) in [5.41, 5.74) is -1.09. The van der Waals surface area contributed by atoms with Gasteiger partial charge in [-0.25, -0.2) is 15.0 Å². The second-order valence-corrected chi connectivity index (χ2v) is 3.94. The zero-order valence-electron chi connectivity index (χ0n) is 9.65. The third-order valence-corrected chi connectivity index (χ3v) is 2.46. The van der Waals surface area contributed by atoms with Gasteiger partial charge in [-0.1, -0.05) is 11.6 Å². The molecule has 104 valence electrons. The average Bonchev–Trinajstić information content (AvgIpc) is 2.38. The topological polar surface area (TPSA) is 67.8 Å². The highest BCUT2D eigenvalue weighted by Gasteiger charge is 2.32. The summed E-state index contributed by atoms with van der Waals surface area (Å²) in [6, 6.07) is 1.84. The number of rotatable bonds is 2. The van der Waals surface area contributed by atoms with E-state index in [4.69, 9.17) is 11.6 Å². The van der Waals surface area contributed by atoms with Crippen LogP contribution in [0.15, 0.2) is 30.7 Å². The molecular weight excluding hydrogens is 297 g/mol. The van der Waals surface area contributed by atoms with Crippen molar-refractivity contribution in [2.75, 3.05) is 5.32 Å². The number of halogens is 4. The molecule has 0 aromatic carbocycles. The molecule has 0 atom stereocenters. The number of hydrogen-bond acceptors (Lipinski definition) is 4. The van der Waals surface area contributed by atoms with Gasteiger partial charge in [0.05, 0.1) is 11.9 Å². The molecule has 0 saturated carbocycles. The Bertz CT molecular complexity index is 630. The van der Waals surface area contributed by atoms with E-state index >= 15 is 0 Å². The van der Waals surface area contributed by atoms with Gasteiger partial charge in [0, 0.05) is 12.4 Å². The van der Waals surface area contributed by atoms with Gasteiger partial charge in [0.2, 0.25) is 0 Å². The Morgan fingerprint density at radius 1 is 1.15 bits per heavy atom. The number of nitrogens with zero attached hydrogens (tertiary/aromatic N) is 3. The minimum atomic E-state index is -4.53. The molecule has 0 aliphatic rings. The molecule has 0 bridgehead atoms. The second kappa shape index (κ2) is 5.41. The van der Waals surface area contributed by atoms with Crippen molar-refractivity contribution in [2.45, 2.75) is 6.18 Å². The summed E-state index contributed by atoms with van der Waals surface area (Å²) in [7, 11) is 0. The van der Waals surface area contributed by atoms with Gasteiger partial charge in [0.25, 0.3) is 5.91 Å². The first-order chi connectivity index (χ1) is 9.38. The molecule has 2 heterocycles. The zero-order valence-corrected chi connectivity index (χ0v) is 10.4. The quantitative estimate of drug-likeness (QED) is 0.926. The standard InChI is InChI=1S/C11H6ClF3N4O/c12-9-8(16-3-4-17-9)10(20)19-6-1-2-7(18-5-6)11(13,14)15/h1-5H,(H,19,20). The molecule has 5 nitrogen and oxygen atoms in total. The van der Waals surface area contributed by atoms with Crippen LogP contribution in [0.5, 0.6) is 0 Å². The molecule has 0 saturated heterocycles. The van der Waals surface area contributed by atoms with Crippen LogP contribution in [0, 0.1) is 0 Å². The Kier molecular flexibility index (Phi) is 3.84. The van der Waals surface area contributed by atoms with Gasteiger partial charge in [-0.15, -0.1) is 0 Å². The lowest BCUT2D eigenvalue weighted by Gasteiger charge is -2.07. The van der Waals surface area contributed by atoms with Crippen LogP contribution < -0.4 is 5.32 Å². The molecule has 0 unspecified atom stereocenters. The van der Waals surface area contributed by atoms with Crippen LogP contribution in [0.25, 0.3) is 0 Å². The molecular formula is C11H6ClF3N4O. The maximum Gasteiger partial charge on any atom is 0.433 e. The molecule has 0 aliphatic carbocycles. The number of pyridine rings is 1. The van der Waals surface area contributed by atoms with Crippen molar-refractivity contribution in [2.24, 2.45) is 0 Å². The molecule has 0 radical (unpaired) electrons. The Labute approximate surface area is 115 Å². The predicted octanol–water partition coefficient (Wildman–Crippen LogP) is 2.80. The summed E-state index contributed by atoms with van der Waals surface area (Å²) >= 11 is 5.67. The number of aromatic nitrogens is 3. The van der Waals surface area contributed by atoms with Crippen molar-refractivity contribution in [3.63, 3.8) is 0 Å². The van der Waals surface area contributed by atoms with Crippen LogP contribution in [0.2, 0.25) is 5.15 Å². The van der Waals surface area contributed by atoms with Gasteiger partial charge in [-0.2, -0.15) is 13.2 Å². The van der Waals surface area contributed by atoms with Crippen molar-refractivity contribution < 1.29 is 18.0 Å². The molecule has 0 fully saturated rings. The summed E-state index contributed by atoms with van der Waals surface area (Å²) in [5, 5.41) is 2.22. The summed E-state index contributed by atoms with van der Waals surface area (Å²) < 4.78 is 36.9. The summed E-state index contributed by atoms with van der Waals surface area (Å²) in [5.74, 6) is -0.690. The van der Waals surface area contributed by atoms with Crippen LogP contribution in [-0.2, 0) is 6.18 Å². The van der Waals surface area contributed by atoms with Crippen molar-refractivity contribution in [1.82, 2.24) is 15.0 Å². The lowest BCUT2D eigenvalue weighted by molar-refractivity contribution is -0.141. The molecule has 9 heteroatoms. The largest absolute Gasteiger partial charge is 0.433 e. The highest BCUT2D eigenvalue weighted by Crippen LogP contribution is 2.27. The molecule has 20 heavy (non-hydrogen) atoms. The van der Waals surface area contributed by atoms with Gasteiger partial charge < -0.3 is 5.32 Å². The maximum atomic E-state index is 12.3. The lowest BCUT2D eigenvalue weighted by atomic mass is 10.3. The highest BCUT2D eigenvalue weighted by atomic mass is 35.5. The van der Waals surface area contributed by atoms with E-state index in [1.165, 1.54) is 12.4 Å². The third-order valence-electron chi connectivity index (χ3n) is 2.18. The van der Waals surface area contributed by atoms with Gasteiger partial charge in [0.15, 0.2) is 10.8 Å². The van der Waals surface area contributed by atoms with Crippen molar-refractivity contribution in [1.29, 1.82) is 0 Å². The van der Waals surface area contributed by atoms with Crippen molar-refractivity contribution in [3.05, 3.63) is 47.3 Å². The lowest BCUT2D eigenvalue weighted by Crippen LogP contribution is -2.15. The Morgan fingerprint density at radius 3 is 2.40 bits per heavy atom. The molecule has 2 rings (SSSR count). The number of carbonyl (C=O) groups is 1. The van der Waals surface area contributed by atoms with E-state index in [1.807, 2.05) is 0 Å². The van der Waals surface area contributed by atoms with Crippen LogP contribution in [0.1, 0.15) is 16.2 Å². The van der Waals surface area contributed by atoms with Gasteiger partial charge >= 0.3 is 6.18 Å². The monoisotopic (exact) mass is 302 g/mol. The van der Waals surface area contributed by atoms with E-state index in [0.29, 0.717) is 0 Å². The molecule has 1 N–H and O–H groups in total. The minimum absolute atomic E-state index is 0.0877. The van der Waals surface area contributed by atoms with Crippen LogP contribution in [-0.4, -0.2) is 20.9 Å². The normalized spacial score (nSPS) is 11.2. The molecule has 2 aromatic rings. The van der Waals surface area contributed by atoms with E-state index < -0.39 is 17.8 Å². The fourth-order valence-corrected chi connectivity index (χ4v) is 1.49. The fourth-order valence-electron chi connectivity index (χ4n) is 1.30. The van der Waals surface area contributed by atoms with Crippen LogP contribution in [0.3, 0.4) is 0 Å². The number of nitrogens with one attached hydrogen (secondary N) is 1. The predicted molar refractivity (Wildman–Crippen MR) is 64.2 cm³/mol. The van der Waals surface area contributed by atoms with Gasteiger partial charge in [-0.05, 0) is 12.1 Å². The maximum absolute atomic E-state index is 12.3. The number of amides is 1. The smallest absolute Gasteiger partial charge is 0.319 e. The molecule has 0 spiro atoms. The SMILES string of the molecule is O=C(Nc1ccc(C(F)(F)F)nc1)c1nccnc1Cl. The third kappa shape index (κ3) is 3.21. The minimum Gasteiger partial charge on any atom is -0.319 e. The van der Waals surface area contributed by atoms with E-state index in [1.54, 1.807) is 0 Å². The Morgan fingerprint density at radius 2 is 1.85 bits per heavy atom. The van der Waals surface area contributed by atoms with Crippen molar-refractivity contribution >= 4 is 23.2 Å². The first kappa shape index (κ1) is 14.2. The van der Waals surface area contributed by atoms with Crippen LogP contribution in [0.4, 0.5) is 18.9 Å². The zero-order chi connectivity index (χ0) is 14.8. The van der Waals surface area contributed by atoms with E-state index in [-0.39, 0.29) is 16.5 Å². The van der Waals surface area contributed by atoms with Gasteiger partial charge in [0.1, 0.15) is 5.69 Å². The van der Waals surface area contributed by atoms with Crippen LogP contribution >= 0.6 is 11.6 Å². The van der Waals surface area contributed by atoms with E-state index in [0.717, 1.165) is 18.3 Å². The number of hydrogen-bond donors (Lipinski definition) is 1. The summed E-state index contributed by atoms with van der Waals surface area (Å²) in [4.78, 5) is 22.4. The average molecular weight is 303 g/mol. The fraction of sp³-hybridized carbons (Fsp3) is 0.0909. The van der Waals surface area contributed by atoms with Crippen molar-refractivity contribution in [3.8, 4) is 0 Å². The molecule has 2 aromatic heterocycles. The molecule has 0 aliphatic heterocycles. The summed E-state index contributed by atoms with van der Waals surface area (Å²) in [6.45, 7) is 0. The summed E-state index contributed by atoms with van der Waals surface area (Å²) in [6.07, 6.45) is -1.06. The Hall–Kier alpha value is -2.22. The highest BCUT2D eigenvalue weighted by molar-refractivity contribution is 6.32. The first-order valence-corrected chi connectivity index (χ1v) is 5.57. The number of anilines is 1. The second-order valence-electron chi connectivity index (χ2n) is 3.58.